The standard InChI is InChI=1S/C12H17NO4S2/c1-13(2)19(16,17)11-5-3-4-10(8-11)9-18-7-6-12(14)15/h3-5,8H,6-7,9H2,1-2H3,(H,14,15). The van der Waals surface area contributed by atoms with Gasteiger partial charge in [-0.2, -0.15) is 11.8 Å². The van der Waals surface area contributed by atoms with Gasteiger partial charge >= 0.3 is 5.97 Å². The maximum atomic E-state index is 11.9. The first-order valence-corrected chi connectivity index (χ1v) is 8.24. The van der Waals surface area contributed by atoms with Gasteiger partial charge in [0.1, 0.15) is 0 Å². The van der Waals surface area contributed by atoms with Crippen LogP contribution in [0.5, 0.6) is 0 Å². The number of nitrogens with zero attached hydrogens (tertiary/aromatic N) is 1. The minimum absolute atomic E-state index is 0.111. The first kappa shape index (κ1) is 16.0. The molecule has 0 aliphatic heterocycles. The average Bonchev–Trinajstić information content (AvgIpc) is 2.34. The van der Waals surface area contributed by atoms with Crippen LogP contribution in [0.25, 0.3) is 0 Å². The first-order valence-electron chi connectivity index (χ1n) is 5.65. The molecule has 0 radical (unpaired) electrons. The summed E-state index contributed by atoms with van der Waals surface area (Å²) >= 11 is 1.47. The lowest BCUT2D eigenvalue weighted by molar-refractivity contribution is -0.136. The molecule has 1 rings (SSSR count). The van der Waals surface area contributed by atoms with Gasteiger partial charge in [-0.3, -0.25) is 4.79 Å². The Morgan fingerprint density at radius 1 is 1.37 bits per heavy atom. The van der Waals surface area contributed by atoms with Gasteiger partial charge in [0.25, 0.3) is 0 Å². The molecule has 0 saturated heterocycles. The fourth-order valence-corrected chi connectivity index (χ4v) is 3.21. The largest absolute Gasteiger partial charge is 0.481 e. The molecule has 0 aromatic heterocycles. The minimum atomic E-state index is -3.41. The van der Waals surface area contributed by atoms with Gasteiger partial charge in [-0.1, -0.05) is 12.1 Å². The van der Waals surface area contributed by atoms with Crippen molar-refractivity contribution >= 4 is 27.8 Å². The average molecular weight is 303 g/mol. The number of sulfonamides is 1. The molecule has 0 saturated carbocycles. The van der Waals surface area contributed by atoms with E-state index in [1.807, 2.05) is 6.07 Å². The van der Waals surface area contributed by atoms with Gasteiger partial charge in [0.05, 0.1) is 11.3 Å². The van der Waals surface area contributed by atoms with E-state index in [4.69, 9.17) is 5.11 Å². The minimum Gasteiger partial charge on any atom is -0.481 e. The molecule has 1 aromatic rings. The molecule has 0 aliphatic carbocycles. The lowest BCUT2D eigenvalue weighted by Crippen LogP contribution is -2.22. The summed E-state index contributed by atoms with van der Waals surface area (Å²) < 4.78 is 25.1. The van der Waals surface area contributed by atoms with Gasteiger partial charge in [-0.15, -0.1) is 0 Å². The molecule has 7 heteroatoms. The highest BCUT2D eigenvalue weighted by molar-refractivity contribution is 7.98. The Labute approximate surface area is 117 Å². The van der Waals surface area contributed by atoms with Crippen molar-refractivity contribution in [2.75, 3.05) is 19.8 Å². The molecule has 19 heavy (non-hydrogen) atoms. The van der Waals surface area contributed by atoms with E-state index in [1.54, 1.807) is 18.2 Å². The van der Waals surface area contributed by atoms with E-state index in [-0.39, 0.29) is 11.3 Å². The van der Waals surface area contributed by atoms with Gasteiger partial charge in [-0.05, 0) is 17.7 Å². The number of aliphatic carboxylic acids is 1. The Bertz CT molecular complexity index is 540. The molecule has 0 heterocycles. The third kappa shape index (κ3) is 4.85. The van der Waals surface area contributed by atoms with Crippen LogP contribution in [0.1, 0.15) is 12.0 Å². The van der Waals surface area contributed by atoms with Crippen LogP contribution in [0.15, 0.2) is 29.2 Å². The zero-order chi connectivity index (χ0) is 14.5. The Kier molecular flexibility index (Phi) is 5.84. The molecule has 5 nitrogen and oxygen atoms in total. The maximum Gasteiger partial charge on any atom is 0.304 e. The summed E-state index contributed by atoms with van der Waals surface area (Å²) in [6, 6.07) is 6.72. The lowest BCUT2D eigenvalue weighted by Gasteiger charge is -2.12. The van der Waals surface area contributed by atoms with Crippen molar-refractivity contribution in [3.05, 3.63) is 29.8 Å². The van der Waals surface area contributed by atoms with Crippen LogP contribution >= 0.6 is 11.8 Å². The van der Waals surface area contributed by atoms with E-state index in [0.717, 1.165) is 5.56 Å². The topological polar surface area (TPSA) is 74.7 Å². The molecule has 0 amide bonds. The van der Waals surface area contributed by atoms with Crippen LogP contribution in [0, 0.1) is 0 Å². The zero-order valence-electron chi connectivity index (χ0n) is 10.9. The second-order valence-electron chi connectivity index (χ2n) is 4.13. The Morgan fingerprint density at radius 3 is 2.63 bits per heavy atom. The number of rotatable bonds is 7. The molecular weight excluding hydrogens is 286 g/mol. The molecular formula is C12H17NO4S2. The Hall–Kier alpha value is -1.05. The number of carboxylic acids is 1. The van der Waals surface area contributed by atoms with Crippen molar-refractivity contribution in [3.8, 4) is 0 Å². The summed E-state index contributed by atoms with van der Waals surface area (Å²) in [4.78, 5) is 10.6. The maximum absolute atomic E-state index is 11.9. The number of carbonyl (C=O) groups is 1. The van der Waals surface area contributed by atoms with Crippen molar-refractivity contribution in [2.45, 2.75) is 17.1 Å². The van der Waals surface area contributed by atoms with Crippen molar-refractivity contribution in [1.82, 2.24) is 4.31 Å². The molecule has 0 bridgehead atoms. The molecule has 0 fully saturated rings. The van der Waals surface area contributed by atoms with Gasteiger partial charge < -0.3 is 5.11 Å². The first-order chi connectivity index (χ1) is 8.84. The van der Waals surface area contributed by atoms with Crippen molar-refractivity contribution in [2.24, 2.45) is 0 Å². The van der Waals surface area contributed by atoms with E-state index in [2.05, 4.69) is 0 Å². The fourth-order valence-electron chi connectivity index (χ4n) is 1.36. The highest BCUT2D eigenvalue weighted by Crippen LogP contribution is 2.18. The van der Waals surface area contributed by atoms with Gasteiger partial charge in [0.15, 0.2) is 0 Å². The van der Waals surface area contributed by atoms with Gasteiger partial charge in [0.2, 0.25) is 10.0 Å². The fraction of sp³-hybridized carbons (Fsp3) is 0.417. The number of benzene rings is 1. The monoisotopic (exact) mass is 303 g/mol. The van der Waals surface area contributed by atoms with Crippen molar-refractivity contribution in [3.63, 3.8) is 0 Å². The summed E-state index contributed by atoms with van der Waals surface area (Å²) in [7, 11) is -0.434. The molecule has 0 atom stereocenters. The van der Waals surface area contributed by atoms with Crippen LogP contribution in [0.2, 0.25) is 0 Å². The normalized spacial score (nSPS) is 11.7. The van der Waals surface area contributed by atoms with Gasteiger partial charge in [0, 0.05) is 25.6 Å². The van der Waals surface area contributed by atoms with Crippen LogP contribution in [-0.4, -0.2) is 43.6 Å². The molecule has 106 valence electrons. The number of carboxylic acid groups (broad SMARTS) is 1. The van der Waals surface area contributed by atoms with Crippen LogP contribution in [0.4, 0.5) is 0 Å². The second kappa shape index (κ2) is 6.93. The second-order valence-corrected chi connectivity index (χ2v) is 7.39. The molecule has 0 unspecified atom stereocenters. The van der Waals surface area contributed by atoms with Crippen molar-refractivity contribution < 1.29 is 18.3 Å². The summed E-state index contributed by atoms with van der Waals surface area (Å²) in [6.07, 6.45) is 0.111. The molecule has 1 N–H and O–H groups in total. The number of hydrogen-bond donors (Lipinski definition) is 1. The quantitative estimate of drug-likeness (QED) is 0.775. The number of thioether (sulfide) groups is 1. The Morgan fingerprint density at radius 2 is 2.05 bits per heavy atom. The molecule has 0 spiro atoms. The Balaban J connectivity index is 2.70. The summed E-state index contributed by atoms with van der Waals surface area (Å²) in [5.74, 6) is 0.292. The van der Waals surface area contributed by atoms with E-state index >= 15 is 0 Å². The third-order valence-corrected chi connectivity index (χ3v) is 5.25. The van der Waals surface area contributed by atoms with E-state index < -0.39 is 16.0 Å². The molecule has 1 aromatic carbocycles. The predicted molar refractivity (Wildman–Crippen MR) is 75.7 cm³/mol. The lowest BCUT2D eigenvalue weighted by atomic mass is 10.2. The number of hydrogen-bond acceptors (Lipinski definition) is 4. The van der Waals surface area contributed by atoms with Crippen LogP contribution in [-0.2, 0) is 20.6 Å². The van der Waals surface area contributed by atoms with Crippen LogP contribution in [0.3, 0.4) is 0 Å². The predicted octanol–water partition coefficient (Wildman–Crippen LogP) is 1.64. The zero-order valence-corrected chi connectivity index (χ0v) is 12.5. The summed E-state index contributed by atoms with van der Waals surface area (Å²) in [6.45, 7) is 0. The molecule has 0 aliphatic rings. The third-order valence-electron chi connectivity index (χ3n) is 2.41. The van der Waals surface area contributed by atoms with Crippen LogP contribution < -0.4 is 0 Å². The SMILES string of the molecule is CN(C)S(=O)(=O)c1cccc(CSCCC(=O)O)c1. The summed E-state index contributed by atoms with van der Waals surface area (Å²) in [5, 5.41) is 8.52. The smallest absolute Gasteiger partial charge is 0.304 e. The van der Waals surface area contributed by atoms with E-state index in [9.17, 15) is 13.2 Å². The van der Waals surface area contributed by atoms with Crippen molar-refractivity contribution in [1.29, 1.82) is 0 Å². The van der Waals surface area contributed by atoms with E-state index in [0.29, 0.717) is 11.5 Å². The van der Waals surface area contributed by atoms with Gasteiger partial charge in [-0.25, -0.2) is 12.7 Å². The highest BCUT2D eigenvalue weighted by atomic mass is 32.2. The van der Waals surface area contributed by atoms with E-state index in [1.165, 1.54) is 30.2 Å². The highest BCUT2D eigenvalue weighted by Gasteiger charge is 2.16. The summed E-state index contributed by atoms with van der Waals surface area (Å²) in [5.41, 5.74) is 0.873.